The highest BCUT2D eigenvalue weighted by molar-refractivity contribution is 7.12. The summed E-state index contributed by atoms with van der Waals surface area (Å²) in [5.74, 6) is 0. The third-order valence-corrected chi connectivity index (χ3v) is 4.39. The molecule has 0 aliphatic carbocycles. The first-order valence-corrected chi connectivity index (χ1v) is 7.11. The van der Waals surface area contributed by atoms with Crippen LogP contribution in [0.5, 0.6) is 0 Å². The Morgan fingerprint density at radius 1 is 1.22 bits per heavy atom. The average Bonchev–Trinajstić information content (AvgIpc) is 2.84. The molecule has 0 spiro atoms. The van der Waals surface area contributed by atoms with E-state index in [9.17, 15) is 0 Å². The van der Waals surface area contributed by atoms with Crippen LogP contribution in [0.15, 0.2) is 18.3 Å². The van der Waals surface area contributed by atoms with E-state index in [1.54, 1.807) is 0 Å². The molecule has 0 saturated carbocycles. The zero-order valence-corrected chi connectivity index (χ0v) is 12.5. The van der Waals surface area contributed by atoms with Crippen molar-refractivity contribution in [2.24, 2.45) is 7.05 Å². The van der Waals surface area contributed by atoms with Gasteiger partial charge in [-0.3, -0.25) is 4.68 Å². The van der Waals surface area contributed by atoms with E-state index in [1.807, 2.05) is 23.1 Å². The quantitative estimate of drug-likeness (QED) is 0.915. The number of thiophene rings is 1. The maximum atomic E-state index is 4.40. The van der Waals surface area contributed by atoms with E-state index in [2.05, 4.69) is 56.4 Å². The molecule has 3 nitrogen and oxygen atoms in total. The van der Waals surface area contributed by atoms with Crippen molar-refractivity contribution in [3.8, 4) is 0 Å². The van der Waals surface area contributed by atoms with E-state index in [0.29, 0.717) is 12.1 Å². The van der Waals surface area contributed by atoms with Gasteiger partial charge < -0.3 is 5.32 Å². The number of aromatic nitrogens is 2. The van der Waals surface area contributed by atoms with Crippen molar-refractivity contribution in [2.75, 3.05) is 0 Å². The second kappa shape index (κ2) is 5.24. The van der Waals surface area contributed by atoms with Gasteiger partial charge in [-0.1, -0.05) is 0 Å². The van der Waals surface area contributed by atoms with Crippen molar-refractivity contribution in [3.05, 3.63) is 39.3 Å². The molecule has 2 aromatic heterocycles. The summed E-state index contributed by atoms with van der Waals surface area (Å²) in [5.41, 5.74) is 2.38. The van der Waals surface area contributed by atoms with Crippen molar-refractivity contribution in [2.45, 2.75) is 39.8 Å². The van der Waals surface area contributed by atoms with Crippen molar-refractivity contribution < 1.29 is 0 Å². The van der Waals surface area contributed by atoms with Crippen LogP contribution >= 0.6 is 11.3 Å². The number of nitrogens with zero attached hydrogens (tertiary/aromatic N) is 2. The first-order chi connectivity index (χ1) is 8.47. The van der Waals surface area contributed by atoms with Gasteiger partial charge in [0.1, 0.15) is 0 Å². The second-order valence-electron chi connectivity index (χ2n) is 4.90. The first kappa shape index (κ1) is 13.3. The molecule has 0 radical (unpaired) electrons. The first-order valence-electron chi connectivity index (χ1n) is 6.30. The molecule has 2 atom stereocenters. The fourth-order valence-electron chi connectivity index (χ4n) is 2.28. The molecular weight excluding hydrogens is 242 g/mol. The molecule has 0 saturated heterocycles. The number of hydrogen-bond donors (Lipinski definition) is 1. The Hall–Kier alpha value is -1.13. The lowest BCUT2D eigenvalue weighted by Crippen LogP contribution is -2.22. The minimum Gasteiger partial charge on any atom is -0.303 e. The average molecular weight is 263 g/mol. The summed E-state index contributed by atoms with van der Waals surface area (Å²) in [5, 5.41) is 8.03. The van der Waals surface area contributed by atoms with E-state index in [1.165, 1.54) is 15.3 Å². The monoisotopic (exact) mass is 263 g/mol. The number of aryl methyl sites for hydroxylation is 3. The third-order valence-electron chi connectivity index (χ3n) is 3.21. The van der Waals surface area contributed by atoms with Gasteiger partial charge in [0.15, 0.2) is 0 Å². The fourth-order valence-corrected chi connectivity index (χ4v) is 3.16. The largest absolute Gasteiger partial charge is 0.303 e. The molecule has 0 bridgehead atoms. The molecule has 0 amide bonds. The van der Waals surface area contributed by atoms with Crippen LogP contribution in [0.25, 0.3) is 0 Å². The van der Waals surface area contributed by atoms with Gasteiger partial charge in [-0.25, -0.2) is 0 Å². The minimum absolute atomic E-state index is 0.316. The van der Waals surface area contributed by atoms with Crippen LogP contribution in [-0.4, -0.2) is 9.78 Å². The Morgan fingerprint density at radius 2 is 1.94 bits per heavy atom. The summed E-state index contributed by atoms with van der Waals surface area (Å²) in [6, 6.07) is 5.08. The van der Waals surface area contributed by atoms with Crippen LogP contribution < -0.4 is 5.32 Å². The van der Waals surface area contributed by atoms with E-state index in [0.717, 1.165) is 5.69 Å². The lowest BCUT2D eigenvalue weighted by atomic mass is 10.1. The standard InChI is InChI=1S/C14H21N3S/c1-9-6-7-14(18-9)12(4)15-10(2)13-8-17(5)16-11(13)3/h6-8,10,12,15H,1-5H3. The van der Waals surface area contributed by atoms with E-state index in [-0.39, 0.29) is 0 Å². The minimum atomic E-state index is 0.316. The second-order valence-corrected chi connectivity index (χ2v) is 6.22. The molecule has 2 aromatic rings. The van der Waals surface area contributed by atoms with Crippen LogP contribution in [0.3, 0.4) is 0 Å². The van der Waals surface area contributed by atoms with Crippen LogP contribution in [-0.2, 0) is 7.05 Å². The molecule has 98 valence electrons. The summed E-state index contributed by atoms with van der Waals surface area (Å²) in [6.07, 6.45) is 2.10. The Kier molecular flexibility index (Phi) is 3.88. The van der Waals surface area contributed by atoms with E-state index < -0.39 is 0 Å². The normalized spacial score (nSPS) is 14.7. The summed E-state index contributed by atoms with van der Waals surface area (Å²) in [7, 11) is 1.97. The summed E-state index contributed by atoms with van der Waals surface area (Å²) >= 11 is 1.86. The highest BCUT2D eigenvalue weighted by atomic mass is 32.1. The summed E-state index contributed by atoms with van der Waals surface area (Å²) in [4.78, 5) is 2.75. The Morgan fingerprint density at radius 3 is 2.44 bits per heavy atom. The molecule has 0 fully saturated rings. The van der Waals surface area contributed by atoms with Gasteiger partial charge in [0.05, 0.1) is 5.69 Å². The van der Waals surface area contributed by atoms with Crippen LogP contribution in [0, 0.1) is 13.8 Å². The molecule has 0 aliphatic rings. The van der Waals surface area contributed by atoms with E-state index in [4.69, 9.17) is 0 Å². The van der Waals surface area contributed by atoms with Crippen LogP contribution in [0.2, 0.25) is 0 Å². The number of hydrogen-bond acceptors (Lipinski definition) is 3. The predicted octanol–water partition coefficient (Wildman–Crippen LogP) is 3.51. The van der Waals surface area contributed by atoms with Gasteiger partial charge in [-0.15, -0.1) is 11.3 Å². The number of nitrogens with one attached hydrogen (secondary N) is 1. The van der Waals surface area contributed by atoms with E-state index >= 15 is 0 Å². The van der Waals surface area contributed by atoms with Gasteiger partial charge in [-0.2, -0.15) is 5.10 Å². The van der Waals surface area contributed by atoms with Crippen molar-refractivity contribution in [3.63, 3.8) is 0 Å². The Balaban J connectivity index is 2.07. The van der Waals surface area contributed by atoms with Crippen molar-refractivity contribution in [1.29, 1.82) is 0 Å². The summed E-state index contributed by atoms with van der Waals surface area (Å²) < 4.78 is 1.88. The van der Waals surface area contributed by atoms with Gasteiger partial charge >= 0.3 is 0 Å². The SMILES string of the molecule is Cc1ccc(C(C)NC(C)c2cn(C)nc2C)s1. The molecule has 0 aliphatic heterocycles. The maximum Gasteiger partial charge on any atom is 0.0641 e. The Bertz CT molecular complexity index is 527. The Labute approximate surface area is 113 Å². The lowest BCUT2D eigenvalue weighted by molar-refractivity contribution is 0.498. The summed E-state index contributed by atoms with van der Waals surface area (Å²) in [6.45, 7) is 8.62. The molecule has 0 aromatic carbocycles. The molecule has 2 unspecified atom stereocenters. The molecule has 2 rings (SSSR count). The van der Waals surface area contributed by atoms with Crippen LogP contribution in [0.4, 0.5) is 0 Å². The highest BCUT2D eigenvalue weighted by Crippen LogP contribution is 2.25. The van der Waals surface area contributed by atoms with Gasteiger partial charge in [0.25, 0.3) is 0 Å². The predicted molar refractivity (Wildman–Crippen MR) is 77.0 cm³/mol. The molecule has 1 N–H and O–H groups in total. The maximum absolute atomic E-state index is 4.40. The smallest absolute Gasteiger partial charge is 0.0641 e. The van der Waals surface area contributed by atoms with Gasteiger partial charge in [-0.05, 0) is 39.8 Å². The van der Waals surface area contributed by atoms with Crippen molar-refractivity contribution in [1.82, 2.24) is 15.1 Å². The van der Waals surface area contributed by atoms with Gasteiger partial charge in [0, 0.05) is 40.6 Å². The zero-order valence-electron chi connectivity index (χ0n) is 11.7. The highest BCUT2D eigenvalue weighted by Gasteiger charge is 2.15. The third kappa shape index (κ3) is 2.82. The van der Waals surface area contributed by atoms with Crippen molar-refractivity contribution >= 4 is 11.3 Å². The molecule has 4 heteroatoms. The molecule has 2 heterocycles. The fraction of sp³-hybridized carbons (Fsp3) is 0.500. The van der Waals surface area contributed by atoms with Crippen LogP contribution in [0.1, 0.15) is 46.9 Å². The molecular formula is C14H21N3S. The topological polar surface area (TPSA) is 29.9 Å². The molecule has 18 heavy (non-hydrogen) atoms. The van der Waals surface area contributed by atoms with Gasteiger partial charge in [0.2, 0.25) is 0 Å². The lowest BCUT2D eigenvalue weighted by Gasteiger charge is -2.18. The zero-order chi connectivity index (χ0) is 13.3. The number of rotatable bonds is 4.